The minimum absolute atomic E-state index is 0.206. The van der Waals surface area contributed by atoms with Crippen molar-refractivity contribution in [1.82, 2.24) is 10.3 Å². The third-order valence-electron chi connectivity index (χ3n) is 3.36. The summed E-state index contributed by atoms with van der Waals surface area (Å²) in [7, 11) is 0. The van der Waals surface area contributed by atoms with Crippen LogP contribution in [-0.2, 0) is 11.2 Å². The van der Waals surface area contributed by atoms with Crippen LogP contribution in [-0.4, -0.2) is 29.8 Å². The minimum atomic E-state index is -0.206. The highest BCUT2D eigenvalue weighted by Crippen LogP contribution is 2.21. The van der Waals surface area contributed by atoms with Gasteiger partial charge in [-0.1, -0.05) is 30.3 Å². The van der Waals surface area contributed by atoms with E-state index in [0.29, 0.717) is 17.5 Å². The molecule has 2 heterocycles. The van der Waals surface area contributed by atoms with Crippen LogP contribution in [0.3, 0.4) is 0 Å². The van der Waals surface area contributed by atoms with Crippen LogP contribution < -0.4 is 10.6 Å². The van der Waals surface area contributed by atoms with Gasteiger partial charge in [0, 0.05) is 30.6 Å². The number of rotatable bonds is 4. The van der Waals surface area contributed by atoms with E-state index in [1.54, 1.807) is 0 Å². The number of carbonyl (C=O) groups excluding carboxylic acids is 1. The monoisotopic (exact) mass is 314 g/mol. The van der Waals surface area contributed by atoms with Crippen molar-refractivity contribution < 1.29 is 4.79 Å². The fraction of sp³-hybridized carbons (Fsp3) is 0.312. The van der Waals surface area contributed by atoms with Gasteiger partial charge in [-0.05, 0) is 18.4 Å². The number of anilines is 1. The smallest absolute Gasteiger partial charge is 0.292 e. The fourth-order valence-corrected chi connectivity index (χ4v) is 3.08. The van der Waals surface area contributed by atoms with Crippen LogP contribution in [0.2, 0.25) is 0 Å². The van der Waals surface area contributed by atoms with Crippen LogP contribution >= 0.6 is 11.3 Å². The maximum atomic E-state index is 12.2. The second-order valence-electron chi connectivity index (χ2n) is 5.11. The molecule has 2 N–H and O–H groups in total. The molecule has 1 aromatic heterocycles. The first-order valence-corrected chi connectivity index (χ1v) is 8.21. The Morgan fingerprint density at radius 2 is 2.14 bits per heavy atom. The number of carbonyl (C=O) groups is 1. The van der Waals surface area contributed by atoms with E-state index >= 15 is 0 Å². The van der Waals surface area contributed by atoms with Gasteiger partial charge in [0.05, 0.1) is 0 Å². The van der Waals surface area contributed by atoms with Crippen LogP contribution in [0.5, 0.6) is 0 Å². The molecule has 0 saturated heterocycles. The van der Waals surface area contributed by atoms with E-state index in [9.17, 15) is 4.79 Å². The molecule has 1 aliphatic heterocycles. The van der Waals surface area contributed by atoms with Crippen molar-refractivity contribution in [3.05, 3.63) is 47.0 Å². The van der Waals surface area contributed by atoms with Gasteiger partial charge in [0.1, 0.15) is 0 Å². The van der Waals surface area contributed by atoms with Gasteiger partial charge in [0.2, 0.25) is 0 Å². The molecule has 0 radical (unpaired) electrons. The Bertz CT molecular complexity index is 666. The summed E-state index contributed by atoms with van der Waals surface area (Å²) in [6.07, 6.45) is 4.70. The normalized spacial score (nSPS) is 14.6. The molecule has 0 unspecified atom stereocenters. The van der Waals surface area contributed by atoms with Crippen LogP contribution in [0.1, 0.15) is 23.3 Å². The number of aliphatic imine (C=N–C) groups is 1. The average molecular weight is 314 g/mol. The lowest BCUT2D eigenvalue weighted by Crippen LogP contribution is -2.35. The number of aromatic nitrogens is 1. The highest BCUT2D eigenvalue weighted by atomic mass is 32.1. The first-order valence-electron chi connectivity index (χ1n) is 7.39. The SMILES string of the molecule is O=C(Nc1ncc(Cc2ccccc2)s1)C1=NCCCCN1. The van der Waals surface area contributed by atoms with E-state index in [-0.39, 0.29) is 5.91 Å². The van der Waals surface area contributed by atoms with Crippen molar-refractivity contribution in [3.8, 4) is 0 Å². The zero-order chi connectivity index (χ0) is 15.2. The number of nitrogens with one attached hydrogen (secondary N) is 2. The van der Waals surface area contributed by atoms with Crippen LogP contribution in [0.25, 0.3) is 0 Å². The minimum Gasteiger partial charge on any atom is -0.366 e. The Balaban J connectivity index is 1.61. The number of thiazole rings is 1. The number of amidine groups is 1. The predicted octanol–water partition coefficient (Wildman–Crippen LogP) is 2.45. The van der Waals surface area contributed by atoms with Crippen molar-refractivity contribution in [2.24, 2.45) is 4.99 Å². The zero-order valence-corrected chi connectivity index (χ0v) is 13.0. The zero-order valence-electron chi connectivity index (χ0n) is 12.2. The highest BCUT2D eigenvalue weighted by molar-refractivity contribution is 7.15. The molecule has 0 fully saturated rings. The molecule has 0 bridgehead atoms. The average Bonchev–Trinajstić information content (AvgIpc) is 2.80. The number of hydrogen-bond acceptors (Lipinski definition) is 5. The van der Waals surface area contributed by atoms with Gasteiger partial charge in [-0.15, -0.1) is 11.3 Å². The molecule has 0 saturated carbocycles. The van der Waals surface area contributed by atoms with Gasteiger partial charge in [-0.25, -0.2) is 4.98 Å². The van der Waals surface area contributed by atoms with Gasteiger partial charge < -0.3 is 5.32 Å². The van der Waals surface area contributed by atoms with Gasteiger partial charge >= 0.3 is 0 Å². The Morgan fingerprint density at radius 1 is 1.27 bits per heavy atom. The third kappa shape index (κ3) is 3.92. The molecule has 5 nitrogen and oxygen atoms in total. The second-order valence-corrected chi connectivity index (χ2v) is 6.23. The van der Waals surface area contributed by atoms with Crippen molar-refractivity contribution in [3.63, 3.8) is 0 Å². The second kappa shape index (κ2) is 7.17. The summed E-state index contributed by atoms with van der Waals surface area (Å²) in [6, 6.07) is 10.2. The number of nitrogens with zero attached hydrogens (tertiary/aromatic N) is 2. The van der Waals surface area contributed by atoms with Crippen LogP contribution in [0.15, 0.2) is 41.5 Å². The van der Waals surface area contributed by atoms with Gasteiger partial charge in [0.15, 0.2) is 11.0 Å². The molecule has 0 spiro atoms. The molecule has 1 aliphatic rings. The Morgan fingerprint density at radius 3 is 3.00 bits per heavy atom. The Hall–Kier alpha value is -2.21. The fourth-order valence-electron chi connectivity index (χ4n) is 2.24. The lowest BCUT2D eigenvalue weighted by Gasteiger charge is -2.05. The molecule has 0 atom stereocenters. The van der Waals surface area contributed by atoms with Gasteiger partial charge in [0.25, 0.3) is 5.91 Å². The first-order chi connectivity index (χ1) is 10.8. The number of benzene rings is 1. The largest absolute Gasteiger partial charge is 0.366 e. The van der Waals surface area contributed by atoms with Crippen molar-refractivity contribution in [2.75, 3.05) is 18.4 Å². The van der Waals surface area contributed by atoms with Crippen LogP contribution in [0.4, 0.5) is 5.13 Å². The maximum Gasteiger partial charge on any atom is 0.292 e. The first kappa shape index (κ1) is 14.7. The topological polar surface area (TPSA) is 66.4 Å². The van der Waals surface area contributed by atoms with Crippen molar-refractivity contribution >= 4 is 28.2 Å². The highest BCUT2D eigenvalue weighted by Gasteiger charge is 2.14. The van der Waals surface area contributed by atoms with Crippen molar-refractivity contribution in [1.29, 1.82) is 0 Å². The Labute approximate surface area is 133 Å². The maximum absolute atomic E-state index is 12.2. The third-order valence-corrected chi connectivity index (χ3v) is 4.27. The molecule has 6 heteroatoms. The molecule has 22 heavy (non-hydrogen) atoms. The summed E-state index contributed by atoms with van der Waals surface area (Å²) in [5.41, 5.74) is 1.24. The molecular formula is C16H18N4OS. The number of amides is 1. The molecule has 2 aromatic rings. The molecule has 1 amide bonds. The van der Waals surface area contributed by atoms with Gasteiger partial charge in [-0.3, -0.25) is 15.1 Å². The van der Waals surface area contributed by atoms with E-state index in [4.69, 9.17) is 0 Å². The van der Waals surface area contributed by atoms with Crippen molar-refractivity contribution in [2.45, 2.75) is 19.3 Å². The standard InChI is InChI=1S/C16H18N4OS/c21-15(14-17-8-4-5-9-18-14)20-16-19-11-13(22-16)10-12-6-2-1-3-7-12/h1-3,6-7,11H,4-5,8-10H2,(H,17,18)(H,19,20,21). The molecule has 114 valence electrons. The summed E-state index contributed by atoms with van der Waals surface area (Å²) in [5, 5.41) is 6.50. The van der Waals surface area contributed by atoms with E-state index < -0.39 is 0 Å². The summed E-state index contributed by atoms with van der Waals surface area (Å²) in [4.78, 5) is 21.8. The quantitative estimate of drug-likeness (QED) is 0.911. The number of hydrogen-bond donors (Lipinski definition) is 2. The van der Waals surface area contributed by atoms with Gasteiger partial charge in [-0.2, -0.15) is 0 Å². The lowest BCUT2D eigenvalue weighted by atomic mass is 10.1. The molecule has 0 aliphatic carbocycles. The molecule has 3 rings (SSSR count). The predicted molar refractivity (Wildman–Crippen MR) is 89.5 cm³/mol. The molecular weight excluding hydrogens is 296 g/mol. The Kier molecular flexibility index (Phi) is 4.80. The van der Waals surface area contributed by atoms with E-state index in [1.807, 2.05) is 24.4 Å². The van der Waals surface area contributed by atoms with E-state index in [0.717, 1.165) is 30.7 Å². The summed E-state index contributed by atoms with van der Waals surface area (Å²) >= 11 is 1.50. The summed E-state index contributed by atoms with van der Waals surface area (Å²) in [5.74, 6) is 0.208. The summed E-state index contributed by atoms with van der Waals surface area (Å²) in [6.45, 7) is 1.50. The molecule has 1 aromatic carbocycles. The van der Waals surface area contributed by atoms with E-state index in [1.165, 1.54) is 16.9 Å². The van der Waals surface area contributed by atoms with Crippen LogP contribution in [0, 0.1) is 0 Å². The lowest BCUT2D eigenvalue weighted by molar-refractivity contribution is -0.110. The van der Waals surface area contributed by atoms with E-state index in [2.05, 4.69) is 32.7 Å². The summed E-state index contributed by atoms with van der Waals surface area (Å²) < 4.78 is 0.